The van der Waals surface area contributed by atoms with E-state index >= 15 is 0 Å². The molecule has 43 heavy (non-hydrogen) atoms. The Bertz CT molecular complexity index is 1730. The van der Waals surface area contributed by atoms with E-state index in [1.54, 1.807) is 27.7 Å². The summed E-state index contributed by atoms with van der Waals surface area (Å²) in [6.07, 6.45) is -0.0578. The molecule has 230 valence electrons. The topological polar surface area (TPSA) is 137 Å². The molecule has 13 heteroatoms. The molecule has 0 aliphatic heterocycles. The first-order valence-electron chi connectivity index (χ1n) is 14.0. The lowest BCUT2D eigenvalue weighted by Gasteiger charge is -2.31. The van der Waals surface area contributed by atoms with Crippen LogP contribution in [0.1, 0.15) is 63.7 Å². The molecule has 0 aliphatic carbocycles. The number of aryl methyl sites for hydroxylation is 1. The summed E-state index contributed by atoms with van der Waals surface area (Å²) in [6, 6.07) is 14.4. The van der Waals surface area contributed by atoms with Gasteiger partial charge >= 0.3 is 6.09 Å². The minimum Gasteiger partial charge on any atom is -0.444 e. The van der Waals surface area contributed by atoms with Crippen molar-refractivity contribution in [1.82, 2.24) is 24.3 Å². The molecule has 1 atom stereocenters. The van der Waals surface area contributed by atoms with E-state index in [1.807, 2.05) is 37.3 Å². The molecule has 2 heterocycles. The van der Waals surface area contributed by atoms with Crippen LogP contribution in [0.3, 0.4) is 0 Å². The van der Waals surface area contributed by atoms with Crippen molar-refractivity contribution in [3.63, 3.8) is 0 Å². The van der Waals surface area contributed by atoms with Gasteiger partial charge in [0.15, 0.2) is 0 Å². The van der Waals surface area contributed by atoms with Crippen molar-refractivity contribution in [2.24, 2.45) is 0 Å². The average Bonchev–Trinajstić information content (AvgIpc) is 3.32. The number of nitrogens with one attached hydrogen (secondary N) is 1. The van der Waals surface area contributed by atoms with Gasteiger partial charge in [0.25, 0.3) is 11.3 Å². The normalized spacial score (nSPS) is 12.9. The number of carbonyl (C=O) groups excluding carboxylic acids is 1. The predicted molar refractivity (Wildman–Crippen MR) is 164 cm³/mol. The lowest BCUT2D eigenvalue weighted by Crippen LogP contribution is -2.40. The van der Waals surface area contributed by atoms with E-state index in [-0.39, 0.29) is 59.9 Å². The summed E-state index contributed by atoms with van der Waals surface area (Å²) < 4.78 is 41.8. The fourth-order valence-electron chi connectivity index (χ4n) is 4.70. The Morgan fingerprint density at radius 2 is 1.81 bits per heavy atom. The number of amides is 1. The number of aromatic nitrogens is 3. The van der Waals surface area contributed by atoms with E-state index in [1.165, 1.54) is 33.1 Å². The van der Waals surface area contributed by atoms with Crippen LogP contribution in [0.25, 0.3) is 11.1 Å². The maximum Gasteiger partial charge on any atom is 0.407 e. The van der Waals surface area contributed by atoms with Gasteiger partial charge in [-0.25, -0.2) is 13.2 Å². The van der Waals surface area contributed by atoms with Crippen LogP contribution in [0.5, 0.6) is 0 Å². The second-order valence-electron chi connectivity index (χ2n) is 11.1. The molecule has 0 saturated heterocycles. The maximum atomic E-state index is 14.2. The Morgan fingerprint density at radius 1 is 1.14 bits per heavy atom. The summed E-state index contributed by atoms with van der Waals surface area (Å²) in [7, 11) is -4.13. The van der Waals surface area contributed by atoms with E-state index in [0.717, 1.165) is 5.56 Å². The fourth-order valence-corrected chi connectivity index (χ4v) is 6.52. The van der Waals surface area contributed by atoms with E-state index in [9.17, 15) is 18.0 Å². The van der Waals surface area contributed by atoms with Crippen molar-refractivity contribution in [1.29, 1.82) is 0 Å². The summed E-state index contributed by atoms with van der Waals surface area (Å²) in [5, 5.41) is 7.24. The number of rotatable bonds is 11. The summed E-state index contributed by atoms with van der Waals surface area (Å²) in [4.78, 5) is 30.8. The van der Waals surface area contributed by atoms with Gasteiger partial charge in [-0.3, -0.25) is 9.36 Å². The molecule has 2 aromatic carbocycles. The molecule has 2 aromatic heterocycles. The number of alkyl carbamates (subject to hydrolysis) is 1. The van der Waals surface area contributed by atoms with Crippen molar-refractivity contribution in [3.05, 3.63) is 87.1 Å². The van der Waals surface area contributed by atoms with Crippen LogP contribution in [0.2, 0.25) is 5.02 Å². The Labute approximate surface area is 255 Å². The Kier molecular flexibility index (Phi) is 9.93. The van der Waals surface area contributed by atoms with Crippen molar-refractivity contribution in [2.75, 3.05) is 13.1 Å². The first-order chi connectivity index (χ1) is 20.3. The standard InChI is InChI=1S/C30H36ClN5O6S/c1-6-24(26-33-27-25(20(2)34-42-27)28(37)35(26)19-21-11-8-7-9-12-21)36(18-10-17-32-29(38)41-30(3,4)5)43(39,40)23-15-13-22(31)14-16-23/h7-9,11-16,24H,6,10,17-19H2,1-5H3,(H,32,38). The highest BCUT2D eigenvalue weighted by molar-refractivity contribution is 7.89. The number of benzene rings is 2. The highest BCUT2D eigenvalue weighted by Crippen LogP contribution is 2.31. The first kappa shape index (κ1) is 32.2. The highest BCUT2D eigenvalue weighted by atomic mass is 35.5. The fraction of sp³-hybridized carbons (Fsp3) is 0.400. The van der Waals surface area contributed by atoms with E-state index in [0.29, 0.717) is 10.7 Å². The lowest BCUT2D eigenvalue weighted by atomic mass is 10.1. The number of carbonyl (C=O) groups is 1. The van der Waals surface area contributed by atoms with Gasteiger partial charge in [0.1, 0.15) is 16.8 Å². The zero-order chi connectivity index (χ0) is 31.4. The number of sulfonamides is 1. The van der Waals surface area contributed by atoms with Crippen molar-refractivity contribution < 1.29 is 22.5 Å². The summed E-state index contributed by atoms with van der Waals surface area (Å²) in [6.45, 7) is 9.08. The minimum absolute atomic E-state index is 0.00788. The predicted octanol–water partition coefficient (Wildman–Crippen LogP) is 5.45. The van der Waals surface area contributed by atoms with Crippen LogP contribution in [0.15, 0.2) is 68.8 Å². The number of nitrogens with zero attached hydrogens (tertiary/aromatic N) is 4. The molecule has 1 N–H and O–H groups in total. The third-order valence-corrected chi connectivity index (χ3v) is 8.83. The van der Waals surface area contributed by atoms with Crippen LogP contribution in [-0.2, 0) is 21.3 Å². The van der Waals surface area contributed by atoms with Gasteiger partial charge in [-0.15, -0.1) is 0 Å². The number of fused-ring (bicyclic) bond motifs is 1. The van der Waals surface area contributed by atoms with Gasteiger partial charge in [0, 0.05) is 18.1 Å². The Balaban J connectivity index is 1.78. The molecule has 0 bridgehead atoms. The minimum atomic E-state index is -4.13. The number of hydrogen-bond acceptors (Lipinski definition) is 8. The van der Waals surface area contributed by atoms with Crippen LogP contribution in [0.4, 0.5) is 4.79 Å². The van der Waals surface area contributed by atoms with Gasteiger partial charge in [0.05, 0.1) is 23.2 Å². The van der Waals surface area contributed by atoms with Crippen LogP contribution < -0.4 is 10.9 Å². The zero-order valence-corrected chi connectivity index (χ0v) is 26.4. The monoisotopic (exact) mass is 629 g/mol. The third kappa shape index (κ3) is 7.62. The number of ether oxygens (including phenoxy) is 1. The van der Waals surface area contributed by atoms with E-state index in [2.05, 4.69) is 15.5 Å². The highest BCUT2D eigenvalue weighted by Gasteiger charge is 2.35. The zero-order valence-electron chi connectivity index (χ0n) is 24.8. The van der Waals surface area contributed by atoms with Crippen molar-refractivity contribution in [3.8, 4) is 0 Å². The average molecular weight is 630 g/mol. The molecular formula is C30H36ClN5O6S. The van der Waals surface area contributed by atoms with Crippen LogP contribution in [0, 0.1) is 6.92 Å². The number of hydrogen-bond donors (Lipinski definition) is 1. The van der Waals surface area contributed by atoms with Gasteiger partial charge in [-0.1, -0.05) is 54.0 Å². The Hall–Kier alpha value is -3.74. The summed E-state index contributed by atoms with van der Waals surface area (Å²) in [5.41, 5.74) is 0.220. The van der Waals surface area contributed by atoms with Crippen LogP contribution >= 0.6 is 11.6 Å². The second kappa shape index (κ2) is 13.3. The molecule has 0 radical (unpaired) electrons. The second-order valence-corrected chi connectivity index (χ2v) is 13.4. The largest absolute Gasteiger partial charge is 0.444 e. The third-order valence-electron chi connectivity index (χ3n) is 6.66. The molecule has 0 saturated carbocycles. The molecule has 0 fully saturated rings. The molecule has 4 rings (SSSR count). The van der Waals surface area contributed by atoms with Crippen molar-refractivity contribution >= 4 is 38.8 Å². The lowest BCUT2D eigenvalue weighted by molar-refractivity contribution is 0.0526. The number of halogens is 1. The van der Waals surface area contributed by atoms with Crippen LogP contribution in [-0.4, -0.2) is 52.2 Å². The smallest absolute Gasteiger partial charge is 0.407 e. The van der Waals surface area contributed by atoms with E-state index < -0.39 is 27.8 Å². The summed E-state index contributed by atoms with van der Waals surface area (Å²) >= 11 is 6.05. The molecule has 4 aromatic rings. The molecule has 11 nitrogen and oxygen atoms in total. The van der Waals surface area contributed by atoms with Gasteiger partial charge < -0.3 is 14.6 Å². The Morgan fingerprint density at radius 3 is 2.44 bits per heavy atom. The molecular weight excluding hydrogens is 594 g/mol. The summed E-state index contributed by atoms with van der Waals surface area (Å²) in [5.74, 6) is 0.220. The first-order valence-corrected chi connectivity index (χ1v) is 15.8. The van der Waals surface area contributed by atoms with Crippen molar-refractivity contribution in [2.45, 2.75) is 70.5 Å². The molecule has 1 amide bonds. The molecule has 1 unspecified atom stereocenters. The SMILES string of the molecule is CCC(c1nc2onc(C)c2c(=O)n1Cc1ccccc1)N(CCCNC(=O)OC(C)(C)C)S(=O)(=O)c1ccc(Cl)cc1. The quantitative estimate of drug-likeness (QED) is 0.216. The van der Waals surface area contributed by atoms with Gasteiger partial charge in [-0.05, 0) is 70.4 Å². The van der Waals surface area contributed by atoms with Gasteiger partial charge in [0.2, 0.25) is 10.0 Å². The molecule has 0 spiro atoms. The van der Waals surface area contributed by atoms with Gasteiger partial charge in [-0.2, -0.15) is 9.29 Å². The molecule has 0 aliphatic rings. The van der Waals surface area contributed by atoms with E-state index in [4.69, 9.17) is 20.9 Å². The maximum absolute atomic E-state index is 14.2.